The Balaban J connectivity index is 1.32. The number of carbonyl (C=O) groups is 2. The second kappa shape index (κ2) is 14.1. The predicted octanol–water partition coefficient (Wildman–Crippen LogP) is 5.02. The van der Waals surface area contributed by atoms with Crippen LogP contribution in [0.1, 0.15) is 44.0 Å². The zero-order valence-corrected chi connectivity index (χ0v) is 24.6. The third-order valence-corrected chi connectivity index (χ3v) is 9.18. The van der Waals surface area contributed by atoms with E-state index in [1.165, 1.54) is 12.5 Å². The SMILES string of the molecule is Cc1ccoc1C(=O)Nc1cccc(C#Cc2cncc(C(=O)N=S(=O)(CCCN3CCOCC3)c3ccccc3)c2)c1. The van der Waals surface area contributed by atoms with Crippen LogP contribution >= 0.6 is 0 Å². The lowest BCUT2D eigenvalue weighted by Crippen LogP contribution is -2.37. The van der Waals surface area contributed by atoms with Crippen LogP contribution in [0.15, 0.2) is 99.1 Å². The van der Waals surface area contributed by atoms with E-state index in [2.05, 4.69) is 31.4 Å². The Morgan fingerprint density at radius 2 is 1.79 bits per heavy atom. The molecule has 1 aliphatic rings. The van der Waals surface area contributed by atoms with Crippen molar-refractivity contribution in [2.45, 2.75) is 18.2 Å². The summed E-state index contributed by atoms with van der Waals surface area (Å²) in [5.41, 5.74) is 2.67. The molecular weight excluding hydrogens is 564 g/mol. The molecule has 3 heterocycles. The largest absolute Gasteiger partial charge is 0.459 e. The molecule has 1 saturated heterocycles. The number of carbonyl (C=O) groups excluding carboxylic acids is 2. The van der Waals surface area contributed by atoms with Crippen molar-refractivity contribution in [1.29, 1.82) is 0 Å². The molecule has 2 aromatic heterocycles. The molecule has 2 amide bonds. The Morgan fingerprint density at radius 3 is 2.56 bits per heavy atom. The van der Waals surface area contributed by atoms with Crippen LogP contribution in [0, 0.1) is 18.8 Å². The first-order valence-corrected chi connectivity index (χ1v) is 15.6. The number of rotatable bonds is 8. The van der Waals surface area contributed by atoms with E-state index in [0.717, 1.165) is 25.2 Å². The molecule has 9 nitrogen and oxygen atoms in total. The van der Waals surface area contributed by atoms with Crippen molar-refractivity contribution in [3.05, 3.63) is 113 Å². The van der Waals surface area contributed by atoms with Gasteiger partial charge in [0, 0.05) is 58.5 Å². The average molecular weight is 597 g/mol. The highest BCUT2D eigenvalue weighted by Gasteiger charge is 2.18. The molecule has 1 unspecified atom stereocenters. The summed E-state index contributed by atoms with van der Waals surface area (Å²) >= 11 is 0. The van der Waals surface area contributed by atoms with Gasteiger partial charge >= 0.3 is 0 Å². The third kappa shape index (κ3) is 8.05. The summed E-state index contributed by atoms with van der Waals surface area (Å²) in [6, 6.07) is 19.4. The molecule has 1 atom stereocenters. The monoisotopic (exact) mass is 596 g/mol. The van der Waals surface area contributed by atoms with Crippen LogP contribution in [0.3, 0.4) is 0 Å². The summed E-state index contributed by atoms with van der Waals surface area (Å²) in [5.74, 6) is 5.62. The minimum absolute atomic E-state index is 0.207. The van der Waals surface area contributed by atoms with E-state index >= 15 is 0 Å². The number of ether oxygens (including phenoxy) is 1. The van der Waals surface area contributed by atoms with Gasteiger partial charge in [0.25, 0.3) is 11.8 Å². The van der Waals surface area contributed by atoms with Crippen molar-refractivity contribution in [3.63, 3.8) is 0 Å². The van der Waals surface area contributed by atoms with Gasteiger partial charge in [0.05, 0.1) is 34.8 Å². The maximum Gasteiger partial charge on any atom is 0.291 e. The molecule has 4 aromatic rings. The number of hydrogen-bond acceptors (Lipinski definition) is 7. The van der Waals surface area contributed by atoms with Gasteiger partial charge in [-0.1, -0.05) is 36.1 Å². The second-order valence-electron chi connectivity index (χ2n) is 10.0. The van der Waals surface area contributed by atoms with Gasteiger partial charge in [0.2, 0.25) is 0 Å². The second-order valence-corrected chi connectivity index (χ2v) is 12.4. The lowest BCUT2D eigenvalue weighted by molar-refractivity contribution is 0.0381. The number of aryl methyl sites for hydroxylation is 1. The first-order chi connectivity index (χ1) is 20.9. The summed E-state index contributed by atoms with van der Waals surface area (Å²) in [6.45, 7) is 5.62. The highest BCUT2D eigenvalue weighted by molar-refractivity contribution is 7.94. The van der Waals surface area contributed by atoms with E-state index in [1.54, 1.807) is 67.7 Å². The number of aromatic nitrogens is 1. The molecule has 1 aliphatic heterocycles. The maximum atomic E-state index is 14.1. The van der Waals surface area contributed by atoms with E-state index in [-0.39, 0.29) is 23.0 Å². The van der Waals surface area contributed by atoms with Crippen LogP contribution in [0.5, 0.6) is 0 Å². The van der Waals surface area contributed by atoms with Gasteiger partial charge in [-0.15, -0.1) is 0 Å². The zero-order chi connectivity index (χ0) is 30.1. The number of anilines is 1. The number of nitrogens with one attached hydrogen (secondary N) is 1. The van der Waals surface area contributed by atoms with Gasteiger partial charge in [0.1, 0.15) is 0 Å². The topological polar surface area (TPSA) is 114 Å². The lowest BCUT2D eigenvalue weighted by atomic mass is 10.1. The normalized spacial score (nSPS) is 14.6. The molecule has 10 heteroatoms. The smallest absolute Gasteiger partial charge is 0.291 e. The summed E-state index contributed by atoms with van der Waals surface area (Å²) < 4.78 is 29.0. The van der Waals surface area contributed by atoms with Crippen LogP contribution in [0.4, 0.5) is 5.69 Å². The summed E-state index contributed by atoms with van der Waals surface area (Å²) in [6.07, 6.45) is 5.06. The van der Waals surface area contributed by atoms with E-state index in [9.17, 15) is 13.8 Å². The van der Waals surface area contributed by atoms with E-state index in [1.807, 2.05) is 12.1 Å². The van der Waals surface area contributed by atoms with Crippen molar-refractivity contribution in [3.8, 4) is 11.8 Å². The number of benzene rings is 2. The fourth-order valence-corrected chi connectivity index (χ4v) is 6.49. The fourth-order valence-electron chi connectivity index (χ4n) is 4.58. The quantitative estimate of drug-likeness (QED) is 0.284. The number of morpholine rings is 1. The molecule has 2 aromatic carbocycles. The molecule has 43 heavy (non-hydrogen) atoms. The molecular formula is C33H32N4O5S. The Morgan fingerprint density at radius 1 is 1.00 bits per heavy atom. The highest BCUT2D eigenvalue weighted by atomic mass is 32.2. The van der Waals surface area contributed by atoms with Crippen molar-refractivity contribution in [2.75, 3.05) is 43.9 Å². The molecule has 1 N–H and O–H groups in total. The Bertz CT molecular complexity index is 1780. The van der Waals surface area contributed by atoms with Gasteiger partial charge in [-0.05, 0) is 62.4 Å². The van der Waals surface area contributed by atoms with Gasteiger partial charge in [-0.2, -0.15) is 4.36 Å². The van der Waals surface area contributed by atoms with Crippen molar-refractivity contribution < 1.29 is 23.0 Å². The Kier molecular flexibility index (Phi) is 9.79. The predicted molar refractivity (Wildman–Crippen MR) is 164 cm³/mol. The highest BCUT2D eigenvalue weighted by Crippen LogP contribution is 2.18. The standard InChI is InChI=1S/C33H32N4O5S/c1-25-13-17-42-31(25)33(39)35-29-8-5-7-26(22-29)11-12-27-21-28(24-34-23-27)32(38)36-43(40,30-9-3-2-4-10-30)20-6-14-37-15-18-41-19-16-37/h2-5,7-10,13,17,21-24H,6,14-16,18-20H2,1H3,(H,35,39). The van der Waals surface area contributed by atoms with Gasteiger partial charge in [0.15, 0.2) is 5.76 Å². The van der Waals surface area contributed by atoms with Crippen molar-refractivity contribution in [1.82, 2.24) is 9.88 Å². The van der Waals surface area contributed by atoms with E-state index in [4.69, 9.17) is 9.15 Å². The minimum Gasteiger partial charge on any atom is -0.459 e. The van der Waals surface area contributed by atoms with Gasteiger partial charge < -0.3 is 14.5 Å². The molecule has 5 rings (SSSR count). The molecule has 1 fully saturated rings. The number of pyridine rings is 1. The lowest BCUT2D eigenvalue weighted by Gasteiger charge is -2.26. The molecule has 0 radical (unpaired) electrons. The van der Waals surface area contributed by atoms with Crippen LogP contribution in [0.2, 0.25) is 0 Å². The number of hydrogen-bond donors (Lipinski definition) is 1. The van der Waals surface area contributed by atoms with Crippen LogP contribution in [0.25, 0.3) is 0 Å². The number of furan rings is 1. The van der Waals surface area contributed by atoms with Gasteiger partial charge in [-0.25, -0.2) is 4.21 Å². The molecule has 0 spiro atoms. The zero-order valence-electron chi connectivity index (χ0n) is 23.8. The van der Waals surface area contributed by atoms with E-state index < -0.39 is 15.6 Å². The third-order valence-electron chi connectivity index (χ3n) is 6.87. The number of nitrogens with zero attached hydrogens (tertiary/aromatic N) is 3. The van der Waals surface area contributed by atoms with Crippen molar-refractivity contribution >= 4 is 27.2 Å². The van der Waals surface area contributed by atoms with Crippen molar-refractivity contribution in [2.24, 2.45) is 4.36 Å². The fraction of sp³-hybridized carbons (Fsp3) is 0.242. The Labute approximate surface area is 251 Å². The van der Waals surface area contributed by atoms with Crippen LogP contribution < -0.4 is 5.32 Å². The summed E-state index contributed by atoms with van der Waals surface area (Å²) in [7, 11) is -3.01. The minimum atomic E-state index is -3.01. The van der Waals surface area contributed by atoms with E-state index in [0.29, 0.717) is 41.3 Å². The summed E-state index contributed by atoms with van der Waals surface area (Å²) in [5, 5.41) is 2.81. The molecule has 220 valence electrons. The Hall–Kier alpha value is -4.56. The molecule has 0 saturated carbocycles. The van der Waals surface area contributed by atoms with Gasteiger partial charge in [-0.3, -0.25) is 19.5 Å². The first kappa shape index (κ1) is 29.9. The first-order valence-electron chi connectivity index (χ1n) is 14.0. The average Bonchev–Trinajstić information content (AvgIpc) is 3.47. The summed E-state index contributed by atoms with van der Waals surface area (Å²) in [4.78, 5) is 32.8. The molecule has 0 bridgehead atoms. The maximum absolute atomic E-state index is 14.1. The molecule has 0 aliphatic carbocycles. The number of amides is 2. The van der Waals surface area contributed by atoms with Crippen LogP contribution in [-0.4, -0.2) is 64.5 Å². The van der Waals surface area contributed by atoms with Crippen LogP contribution in [-0.2, 0) is 14.5 Å².